The lowest BCUT2D eigenvalue weighted by Gasteiger charge is -2.22. The van der Waals surface area contributed by atoms with Crippen molar-refractivity contribution in [2.75, 3.05) is 18.6 Å². The maximum absolute atomic E-state index is 13.4. The van der Waals surface area contributed by atoms with Crippen LogP contribution < -0.4 is 14.4 Å². The van der Waals surface area contributed by atoms with Gasteiger partial charge in [-0.15, -0.1) is 0 Å². The molecule has 1 fully saturated rings. The molecule has 1 amide bonds. The number of anilines is 1. The molecule has 0 saturated carbocycles. The number of aliphatic hydroxyl groups excluding tert-OH is 1. The summed E-state index contributed by atoms with van der Waals surface area (Å²) in [6, 6.07) is 14.9. The summed E-state index contributed by atoms with van der Waals surface area (Å²) in [4.78, 5) is 36.9. The van der Waals surface area contributed by atoms with Crippen LogP contribution in [0.2, 0.25) is 0 Å². The van der Waals surface area contributed by atoms with Crippen LogP contribution in [0.25, 0.3) is 16.0 Å². The number of nitrogens with zero attached hydrogens (tertiary/aromatic N) is 3. The molecular formula is C28H25N3O5S. The van der Waals surface area contributed by atoms with E-state index in [1.54, 1.807) is 68.0 Å². The number of benzene rings is 2. The van der Waals surface area contributed by atoms with Gasteiger partial charge in [0.15, 0.2) is 5.13 Å². The number of carbonyl (C=O) groups is 2. The molecule has 37 heavy (non-hydrogen) atoms. The molecule has 2 aromatic carbocycles. The smallest absolute Gasteiger partial charge is 0.301 e. The van der Waals surface area contributed by atoms with E-state index in [1.165, 1.54) is 16.2 Å². The highest BCUT2D eigenvalue weighted by Gasteiger charge is 2.48. The first kappa shape index (κ1) is 24.5. The van der Waals surface area contributed by atoms with Crippen molar-refractivity contribution in [2.24, 2.45) is 0 Å². The Bertz CT molecular complexity index is 1500. The maximum atomic E-state index is 13.4. The molecule has 3 heterocycles. The third kappa shape index (κ3) is 4.65. The highest BCUT2D eigenvalue weighted by atomic mass is 32.1. The van der Waals surface area contributed by atoms with Crippen LogP contribution in [0.1, 0.15) is 36.9 Å². The average Bonchev–Trinajstić information content (AvgIpc) is 3.46. The Kier molecular flexibility index (Phi) is 6.87. The SMILES string of the molecule is CCCCOc1cccc(C(O)=C2C(=O)C(=O)N(c3nc4ccc(OC)cc4s3)C2c2cccnc2)c1. The zero-order valence-corrected chi connectivity index (χ0v) is 21.2. The first-order valence-corrected chi connectivity index (χ1v) is 12.7. The first-order chi connectivity index (χ1) is 18.0. The lowest BCUT2D eigenvalue weighted by atomic mass is 9.96. The van der Waals surface area contributed by atoms with Crippen LogP contribution in [0.5, 0.6) is 11.5 Å². The van der Waals surface area contributed by atoms with Crippen LogP contribution in [0.15, 0.2) is 72.6 Å². The second-order valence-electron chi connectivity index (χ2n) is 8.52. The number of hydrogen-bond donors (Lipinski definition) is 1. The number of fused-ring (bicyclic) bond motifs is 1. The van der Waals surface area contributed by atoms with E-state index in [0.29, 0.717) is 39.9 Å². The summed E-state index contributed by atoms with van der Waals surface area (Å²) in [5, 5.41) is 11.7. The predicted octanol–water partition coefficient (Wildman–Crippen LogP) is 5.51. The van der Waals surface area contributed by atoms with E-state index in [-0.39, 0.29) is 11.3 Å². The van der Waals surface area contributed by atoms with Crippen molar-refractivity contribution >= 4 is 44.1 Å². The Morgan fingerprint density at radius 2 is 1.97 bits per heavy atom. The molecule has 2 aromatic heterocycles. The van der Waals surface area contributed by atoms with Crippen molar-refractivity contribution in [3.05, 3.63) is 83.7 Å². The summed E-state index contributed by atoms with van der Waals surface area (Å²) in [7, 11) is 1.58. The summed E-state index contributed by atoms with van der Waals surface area (Å²) in [6.07, 6.45) is 5.08. The van der Waals surface area contributed by atoms with Gasteiger partial charge in [0, 0.05) is 18.0 Å². The highest BCUT2D eigenvalue weighted by molar-refractivity contribution is 7.22. The Hall–Kier alpha value is -4.24. The summed E-state index contributed by atoms with van der Waals surface area (Å²) in [5.41, 5.74) is 1.61. The van der Waals surface area contributed by atoms with Gasteiger partial charge in [0.1, 0.15) is 17.3 Å². The molecule has 1 aliphatic heterocycles. The van der Waals surface area contributed by atoms with Crippen LogP contribution in [-0.4, -0.2) is 40.5 Å². The second-order valence-corrected chi connectivity index (χ2v) is 9.52. The molecule has 1 aliphatic rings. The molecule has 1 N–H and O–H groups in total. The minimum atomic E-state index is -0.902. The molecule has 4 aromatic rings. The summed E-state index contributed by atoms with van der Waals surface area (Å²) in [6.45, 7) is 2.62. The normalized spacial score (nSPS) is 16.9. The number of pyridine rings is 1. The van der Waals surface area contributed by atoms with Crippen LogP contribution in [0, 0.1) is 0 Å². The molecule has 9 heteroatoms. The van der Waals surface area contributed by atoms with Crippen LogP contribution >= 0.6 is 11.3 Å². The number of amides is 1. The molecular weight excluding hydrogens is 490 g/mol. The Labute approximate surface area is 217 Å². The number of methoxy groups -OCH3 is 1. The topological polar surface area (TPSA) is 102 Å². The van der Waals surface area contributed by atoms with E-state index in [0.717, 1.165) is 17.5 Å². The Morgan fingerprint density at radius 1 is 1.11 bits per heavy atom. The zero-order valence-electron chi connectivity index (χ0n) is 20.4. The summed E-state index contributed by atoms with van der Waals surface area (Å²) < 4.78 is 11.9. The number of unbranched alkanes of at least 4 members (excludes halogenated alkanes) is 1. The van der Waals surface area contributed by atoms with E-state index >= 15 is 0 Å². The number of ketones is 1. The molecule has 0 spiro atoms. The van der Waals surface area contributed by atoms with E-state index in [4.69, 9.17) is 9.47 Å². The van der Waals surface area contributed by atoms with Crippen LogP contribution in [0.4, 0.5) is 5.13 Å². The summed E-state index contributed by atoms with van der Waals surface area (Å²) in [5.74, 6) is -0.602. The van der Waals surface area contributed by atoms with Gasteiger partial charge in [0.2, 0.25) is 0 Å². The molecule has 0 radical (unpaired) electrons. The molecule has 188 valence electrons. The van der Waals surface area contributed by atoms with Crippen LogP contribution in [0.3, 0.4) is 0 Å². The van der Waals surface area contributed by atoms with Gasteiger partial charge in [-0.1, -0.05) is 42.9 Å². The van der Waals surface area contributed by atoms with Crippen LogP contribution in [-0.2, 0) is 9.59 Å². The number of rotatable bonds is 8. The van der Waals surface area contributed by atoms with Gasteiger partial charge < -0.3 is 14.6 Å². The largest absolute Gasteiger partial charge is 0.507 e. The van der Waals surface area contributed by atoms with Crippen molar-refractivity contribution in [1.82, 2.24) is 9.97 Å². The number of Topliss-reactive ketones (excluding diaryl/α,β-unsaturated/α-hetero) is 1. The third-order valence-electron chi connectivity index (χ3n) is 6.11. The number of carbonyl (C=O) groups excluding carboxylic acids is 2. The quantitative estimate of drug-likeness (QED) is 0.143. The minimum Gasteiger partial charge on any atom is -0.507 e. The maximum Gasteiger partial charge on any atom is 0.301 e. The first-order valence-electron chi connectivity index (χ1n) is 11.9. The molecule has 8 nitrogen and oxygen atoms in total. The molecule has 0 aliphatic carbocycles. The van der Waals surface area contributed by atoms with Crippen molar-refractivity contribution in [3.8, 4) is 11.5 Å². The lowest BCUT2D eigenvalue weighted by Crippen LogP contribution is -2.29. The van der Waals surface area contributed by atoms with E-state index in [1.807, 2.05) is 6.07 Å². The molecule has 0 bridgehead atoms. The van der Waals surface area contributed by atoms with Crippen molar-refractivity contribution < 1.29 is 24.2 Å². The second kappa shape index (κ2) is 10.4. The standard InChI is InChI=1S/C28H25N3O5S/c1-3-4-13-36-20-9-5-7-17(14-20)25(32)23-24(18-8-6-12-29-16-18)31(27(34)26(23)33)28-30-21-11-10-19(35-2)15-22(21)37-28/h5-12,14-16,24,32H,3-4,13H2,1-2H3. The Balaban J connectivity index is 1.63. The van der Waals surface area contributed by atoms with Crippen molar-refractivity contribution in [3.63, 3.8) is 0 Å². The van der Waals surface area contributed by atoms with Gasteiger partial charge in [0.05, 0.1) is 35.5 Å². The van der Waals surface area contributed by atoms with Crippen molar-refractivity contribution in [1.29, 1.82) is 0 Å². The number of hydrogen-bond acceptors (Lipinski definition) is 8. The number of aliphatic hydroxyl groups is 1. The number of thiazole rings is 1. The van der Waals surface area contributed by atoms with Gasteiger partial charge in [-0.05, 0) is 48.4 Å². The predicted molar refractivity (Wildman–Crippen MR) is 142 cm³/mol. The Morgan fingerprint density at radius 3 is 2.73 bits per heavy atom. The van der Waals surface area contributed by atoms with Gasteiger partial charge in [0.25, 0.3) is 5.78 Å². The monoisotopic (exact) mass is 515 g/mol. The van der Waals surface area contributed by atoms with Gasteiger partial charge >= 0.3 is 5.91 Å². The average molecular weight is 516 g/mol. The van der Waals surface area contributed by atoms with Gasteiger partial charge in [-0.25, -0.2) is 4.98 Å². The molecule has 1 atom stereocenters. The summed E-state index contributed by atoms with van der Waals surface area (Å²) >= 11 is 1.27. The zero-order chi connectivity index (χ0) is 25.9. The highest BCUT2D eigenvalue weighted by Crippen LogP contribution is 2.44. The molecule has 1 unspecified atom stereocenters. The van der Waals surface area contributed by atoms with Crippen molar-refractivity contribution in [2.45, 2.75) is 25.8 Å². The van der Waals surface area contributed by atoms with Gasteiger partial charge in [-0.3, -0.25) is 19.5 Å². The van der Waals surface area contributed by atoms with E-state index in [2.05, 4.69) is 16.9 Å². The minimum absolute atomic E-state index is 0.0273. The van der Waals surface area contributed by atoms with Gasteiger partial charge in [-0.2, -0.15) is 0 Å². The number of ether oxygens (including phenoxy) is 2. The number of aromatic nitrogens is 2. The fraction of sp³-hybridized carbons (Fsp3) is 0.214. The fourth-order valence-corrected chi connectivity index (χ4v) is 5.25. The molecule has 5 rings (SSSR count). The van der Waals surface area contributed by atoms with E-state index < -0.39 is 17.7 Å². The fourth-order valence-electron chi connectivity index (χ4n) is 4.23. The third-order valence-corrected chi connectivity index (χ3v) is 7.13. The van der Waals surface area contributed by atoms with E-state index in [9.17, 15) is 14.7 Å². The lowest BCUT2D eigenvalue weighted by molar-refractivity contribution is -0.132. The molecule has 1 saturated heterocycles.